The molecule has 7 heteroatoms. The number of aromatic nitrogens is 4. The first-order valence-corrected chi connectivity index (χ1v) is 13.5. The van der Waals surface area contributed by atoms with E-state index in [0.29, 0.717) is 11.5 Å². The van der Waals surface area contributed by atoms with Crippen molar-refractivity contribution in [1.82, 2.24) is 19.9 Å². The number of nitrogens with zero attached hydrogens (tertiary/aromatic N) is 2. The molecule has 0 aliphatic rings. The third-order valence-corrected chi connectivity index (χ3v) is 7.58. The van der Waals surface area contributed by atoms with Gasteiger partial charge in [-0.1, -0.05) is 76.2 Å². The van der Waals surface area contributed by atoms with Gasteiger partial charge in [0.25, 0.3) is 0 Å². The van der Waals surface area contributed by atoms with Crippen LogP contribution >= 0.6 is 11.8 Å². The van der Waals surface area contributed by atoms with Gasteiger partial charge >= 0.3 is 0 Å². The fourth-order valence-corrected chi connectivity index (χ4v) is 4.57. The lowest BCUT2D eigenvalue weighted by molar-refractivity contribution is 0.445. The highest BCUT2D eigenvalue weighted by Crippen LogP contribution is 2.35. The number of rotatable bonds is 7. The molecule has 0 saturated carbocycles. The maximum Gasteiger partial charge on any atom is 0.153 e. The number of hydrogen-bond donors (Lipinski definition) is 4. The fraction of sp³-hybridized carbons (Fsp3) is 0.310. The Morgan fingerprint density at radius 2 is 1.25 bits per heavy atom. The number of thioether (sulfide) groups is 1. The van der Waals surface area contributed by atoms with E-state index in [0.717, 1.165) is 45.0 Å². The molecule has 2 aromatic carbocycles. The zero-order valence-electron chi connectivity index (χ0n) is 22.3. The molecule has 6 N–H and O–H groups in total. The molecule has 0 fully saturated rings. The van der Waals surface area contributed by atoms with Crippen molar-refractivity contribution < 1.29 is 0 Å². The first-order chi connectivity index (χ1) is 17.2. The summed E-state index contributed by atoms with van der Waals surface area (Å²) in [4.78, 5) is 15.2. The van der Waals surface area contributed by atoms with Crippen LogP contribution < -0.4 is 11.5 Å². The van der Waals surface area contributed by atoms with E-state index in [2.05, 4.69) is 82.3 Å². The van der Waals surface area contributed by atoms with E-state index in [1.807, 2.05) is 46.3 Å². The molecule has 0 saturated heterocycles. The molecule has 0 bridgehead atoms. The summed E-state index contributed by atoms with van der Waals surface area (Å²) in [5.41, 5.74) is 20.8. The number of imidazole rings is 2. The predicted octanol–water partition coefficient (Wildman–Crippen LogP) is 7.00. The Morgan fingerprint density at radius 1 is 0.806 bits per heavy atom. The molecular formula is C29H38N6S. The molecule has 190 valence electrons. The molecule has 6 nitrogen and oxygen atoms in total. The van der Waals surface area contributed by atoms with E-state index < -0.39 is 4.87 Å². The Morgan fingerprint density at radius 3 is 1.69 bits per heavy atom. The van der Waals surface area contributed by atoms with Crippen molar-refractivity contribution in [3.8, 4) is 33.6 Å². The van der Waals surface area contributed by atoms with Gasteiger partial charge in [-0.2, -0.15) is 0 Å². The normalized spacial score (nSPS) is 12.6. The molecule has 0 spiro atoms. The monoisotopic (exact) mass is 502 g/mol. The second-order valence-corrected chi connectivity index (χ2v) is 10.1. The molecule has 4 rings (SSSR count). The second-order valence-electron chi connectivity index (χ2n) is 9.01. The fourth-order valence-electron chi connectivity index (χ4n) is 3.80. The van der Waals surface area contributed by atoms with Gasteiger partial charge in [0.15, 0.2) is 5.82 Å². The summed E-state index contributed by atoms with van der Waals surface area (Å²) in [6, 6.07) is 16.9. The molecule has 36 heavy (non-hydrogen) atoms. The number of allylic oxidation sites excluding steroid dienone is 1. The Hall–Kier alpha value is -3.29. The van der Waals surface area contributed by atoms with Crippen molar-refractivity contribution in [2.45, 2.75) is 46.4 Å². The number of nitrogens with two attached hydrogens (primary N) is 2. The smallest absolute Gasteiger partial charge is 0.153 e. The Labute approximate surface area is 219 Å². The number of H-pyrrole nitrogens is 2. The summed E-state index contributed by atoms with van der Waals surface area (Å²) in [5.74, 6) is 1.76. The lowest BCUT2D eigenvalue weighted by Gasteiger charge is -2.29. The van der Waals surface area contributed by atoms with Crippen LogP contribution in [0.3, 0.4) is 0 Å². The van der Waals surface area contributed by atoms with Gasteiger partial charge in [0, 0.05) is 0 Å². The summed E-state index contributed by atoms with van der Waals surface area (Å²) in [6.07, 6.45) is 5.70. The number of benzene rings is 2. The zero-order valence-corrected chi connectivity index (χ0v) is 23.1. The number of nitrogens with one attached hydrogen (secondary N) is 2. The molecule has 2 heterocycles. The van der Waals surface area contributed by atoms with Gasteiger partial charge in [-0.15, -0.1) is 11.8 Å². The lowest BCUT2D eigenvalue weighted by Crippen LogP contribution is -2.39. The van der Waals surface area contributed by atoms with Crippen molar-refractivity contribution in [2.75, 3.05) is 6.26 Å². The summed E-state index contributed by atoms with van der Waals surface area (Å²) in [6.45, 7) is 12.2. The lowest BCUT2D eigenvalue weighted by atomic mass is 10.0. The maximum absolute atomic E-state index is 6.59. The van der Waals surface area contributed by atoms with Gasteiger partial charge in [0.1, 0.15) is 10.7 Å². The van der Waals surface area contributed by atoms with Crippen molar-refractivity contribution >= 4 is 17.5 Å². The van der Waals surface area contributed by atoms with Gasteiger partial charge in [-0.05, 0) is 53.8 Å². The van der Waals surface area contributed by atoms with Crippen molar-refractivity contribution in [3.63, 3.8) is 0 Å². The van der Waals surface area contributed by atoms with Gasteiger partial charge in [-0.25, -0.2) is 9.97 Å². The average Bonchev–Trinajstić information content (AvgIpc) is 3.60. The topological polar surface area (TPSA) is 109 Å². The quantitative estimate of drug-likeness (QED) is 0.203. The van der Waals surface area contributed by atoms with Crippen molar-refractivity contribution in [3.05, 3.63) is 78.1 Å². The molecule has 0 radical (unpaired) electrons. The van der Waals surface area contributed by atoms with Crippen molar-refractivity contribution in [1.29, 1.82) is 0 Å². The number of hydrogen-bond acceptors (Lipinski definition) is 5. The van der Waals surface area contributed by atoms with Crippen LogP contribution in [-0.4, -0.2) is 26.2 Å². The standard InChI is InChI=1S/C27H32N6S.C2H6/c1-16(2)24(28)25-30-14-22(32-25)20-10-6-18(7-11-20)19-8-12-21(13-9-19)23-15-31-26(33-23)27(29,34-5)17(3)4;1-2/h6-15,17H,28-29H2,1-5H3,(H,30,32)(H,31,33);1-2H3. The van der Waals surface area contributed by atoms with Crippen LogP contribution in [0.4, 0.5) is 0 Å². The first kappa shape index (κ1) is 27.3. The van der Waals surface area contributed by atoms with Gasteiger partial charge in [0.2, 0.25) is 0 Å². The third-order valence-electron chi connectivity index (χ3n) is 6.24. The van der Waals surface area contributed by atoms with E-state index >= 15 is 0 Å². The minimum absolute atomic E-state index is 0.254. The van der Waals surface area contributed by atoms with Crippen LogP contribution in [0.5, 0.6) is 0 Å². The van der Waals surface area contributed by atoms with Crippen LogP contribution in [0, 0.1) is 5.92 Å². The molecule has 0 aliphatic carbocycles. The summed E-state index contributed by atoms with van der Waals surface area (Å²) in [7, 11) is 0. The largest absolute Gasteiger partial charge is 0.396 e. The minimum atomic E-state index is -0.535. The first-order valence-electron chi connectivity index (χ1n) is 12.3. The third kappa shape index (κ3) is 5.58. The molecule has 1 unspecified atom stereocenters. The molecule has 0 aliphatic heterocycles. The van der Waals surface area contributed by atoms with Crippen LogP contribution in [0.2, 0.25) is 0 Å². The minimum Gasteiger partial charge on any atom is -0.396 e. The van der Waals surface area contributed by atoms with Gasteiger partial charge in [-0.3, -0.25) is 0 Å². The van der Waals surface area contributed by atoms with Crippen LogP contribution in [-0.2, 0) is 4.87 Å². The highest BCUT2D eigenvalue weighted by atomic mass is 32.2. The maximum atomic E-state index is 6.59. The van der Waals surface area contributed by atoms with E-state index in [1.54, 1.807) is 11.8 Å². The SMILES string of the molecule is CC.CSC(N)(c1ncc(-c2ccc(-c3ccc(-c4cnc(C(N)=C(C)C)[nH]4)cc3)cc2)[nH]1)C(C)C. The van der Waals surface area contributed by atoms with Crippen LogP contribution in [0.1, 0.15) is 53.2 Å². The molecule has 4 aromatic rings. The summed E-state index contributed by atoms with van der Waals surface area (Å²) in [5, 5.41) is 0. The van der Waals surface area contributed by atoms with E-state index in [1.165, 1.54) is 0 Å². The molecule has 0 amide bonds. The second kappa shape index (κ2) is 11.6. The zero-order chi connectivity index (χ0) is 26.5. The Bertz CT molecular complexity index is 1290. The summed E-state index contributed by atoms with van der Waals surface area (Å²) >= 11 is 1.61. The predicted molar refractivity (Wildman–Crippen MR) is 155 cm³/mol. The Kier molecular flexibility index (Phi) is 8.82. The van der Waals surface area contributed by atoms with E-state index in [9.17, 15) is 0 Å². The average molecular weight is 503 g/mol. The Balaban J connectivity index is 0.00000176. The van der Waals surface area contributed by atoms with Crippen molar-refractivity contribution in [2.24, 2.45) is 17.4 Å². The van der Waals surface area contributed by atoms with Crippen LogP contribution in [0.25, 0.3) is 39.3 Å². The molecule has 1 atom stereocenters. The van der Waals surface area contributed by atoms with Gasteiger partial charge in [0.05, 0.1) is 29.5 Å². The highest BCUT2D eigenvalue weighted by Gasteiger charge is 2.33. The summed E-state index contributed by atoms with van der Waals surface area (Å²) < 4.78 is 0. The van der Waals surface area contributed by atoms with Gasteiger partial charge < -0.3 is 21.4 Å². The van der Waals surface area contributed by atoms with E-state index in [4.69, 9.17) is 11.5 Å². The van der Waals surface area contributed by atoms with Crippen LogP contribution in [0.15, 0.2) is 66.5 Å². The number of aromatic amines is 2. The molecular weight excluding hydrogens is 464 g/mol. The molecule has 2 aromatic heterocycles. The highest BCUT2D eigenvalue weighted by molar-refractivity contribution is 7.99. The van der Waals surface area contributed by atoms with E-state index in [-0.39, 0.29) is 5.92 Å².